The topological polar surface area (TPSA) is 50.8 Å². The van der Waals surface area contributed by atoms with Gasteiger partial charge in [0, 0.05) is 13.1 Å². The number of morpholine rings is 1. The molecule has 5 nitrogen and oxygen atoms in total. The zero-order chi connectivity index (χ0) is 15.5. The minimum atomic E-state index is 0.0165. The number of methoxy groups -OCH3 is 1. The van der Waals surface area contributed by atoms with E-state index in [0.29, 0.717) is 25.6 Å². The number of amides is 2. The van der Waals surface area contributed by atoms with Crippen molar-refractivity contribution in [3.05, 3.63) is 29.8 Å². The van der Waals surface area contributed by atoms with Crippen LogP contribution in [0.15, 0.2) is 24.3 Å². The second-order valence-electron chi connectivity index (χ2n) is 6.17. The Morgan fingerprint density at radius 1 is 1.36 bits per heavy atom. The van der Waals surface area contributed by atoms with Gasteiger partial charge < -0.3 is 19.7 Å². The Labute approximate surface area is 131 Å². The van der Waals surface area contributed by atoms with Gasteiger partial charge in [-0.25, -0.2) is 4.79 Å². The molecule has 22 heavy (non-hydrogen) atoms. The van der Waals surface area contributed by atoms with E-state index < -0.39 is 0 Å². The highest BCUT2D eigenvalue weighted by atomic mass is 16.5. The van der Waals surface area contributed by atoms with E-state index in [1.54, 1.807) is 7.11 Å². The first-order chi connectivity index (χ1) is 10.7. The molecule has 2 amide bonds. The summed E-state index contributed by atoms with van der Waals surface area (Å²) >= 11 is 0. The summed E-state index contributed by atoms with van der Waals surface area (Å²) in [6.07, 6.45) is 2.47. The predicted molar refractivity (Wildman–Crippen MR) is 84.0 cm³/mol. The summed E-state index contributed by atoms with van der Waals surface area (Å²) in [5.41, 5.74) is 1.15. The van der Waals surface area contributed by atoms with Crippen LogP contribution in [-0.2, 0) is 4.74 Å². The van der Waals surface area contributed by atoms with Crippen LogP contribution in [0.1, 0.15) is 31.4 Å². The van der Waals surface area contributed by atoms with Gasteiger partial charge in [-0.15, -0.1) is 0 Å². The summed E-state index contributed by atoms with van der Waals surface area (Å²) in [7, 11) is 1.66. The molecule has 5 heteroatoms. The molecule has 120 valence electrons. The van der Waals surface area contributed by atoms with Crippen LogP contribution < -0.4 is 10.1 Å². The van der Waals surface area contributed by atoms with Crippen LogP contribution in [0, 0.1) is 5.92 Å². The van der Waals surface area contributed by atoms with Gasteiger partial charge >= 0.3 is 6.03 Å². The Bertz CT molecular complexity index is 513. The van der Waals surface area contributed by atoms with E-state index in [4.69, 9.17) is 9.47 Å². The summed E-state index contributed by atoms with van der Waals surface area (Å²) in [4.78, 5) is 14.4. The van der Waals surface area contributed by atoms with Crippen molar-refractivity contribution in [1.82, 2.24) is 10.2 Å². The Morgan fingerprint density at radius 3 is 2.68 bits per heavy atom. The third kappa shape index (κ3) is 3.53. The minimum absolute atomic E-state index is 0.0165. The number of carbonyl (C=O) groups is 1. The summed E-state index contributed by atoms with van der Waals surface area (Å²) < 4.78 is 10.7. The summed E-state index contributed by atoms with van der Waals surface area (Å²) in [6.45, 7) is 3.94. The average Bonchev–Trinajstić information content (AvgIpc) is 3.37. The van der Waals surface area contributed by atoms with Crippen molar-refractivity contribution in [2.45, 2.75) is 31.9 Å². The largest absolute Gasteiger partial charge is 0.497 e. The van der Waals surface area contributed by atoms with Crippen LogP contribution >= 0.6 is 0 Å². The molecule has 0 unspecified atom stereocenters. The minimum Gasteiger partial charge on any atom is -0.497 e. The molecule has 2 fully saturated rings. The van der Waals surface area contributed by atoms with Gasteiger partial charge in [0.15, 0.2) is 0 Å². The van der Waals surface area contributed by atoms with Crippen molar-refractivity contribution in [1.29, 1.82) is 0 Å². The summed E-state index contributed by atoms with van der Waals surface area (Å²) in [6, 6.07) is 8.11. The smallest absolute Gasteiger partial charge is 0.318 e. The molecule has 1 heterocycles. The van der Waals surface area contributed by atoms with Gasteiger partial charge in [-0.2, -0.15) is 0 Å². The van der Waals surface area contributed by atoms with E-state index in [0.717, 1.165) is 11.3 Å². The van der Waals surface area contributed by atoms with Crippen molar-refractivity contribution < 1.29 is 14.3 Å². The van der Waals surface area contributed by atoms with E-state index in [1.807, 2.05) is 36.1 Å². The number of hydrogen-bond donors (Lipinski definition) is 1. The Balaban J connectivity index is 1.67. The maximum absolute atomic E-state index is 12.5. The number of carbonyl (C=O) groups excluding carboxylic acids is 1. The number of hydrogen-bond acceptors (Lipinski definition) is 3. The maximum atomic E-state index is 12.5. The SMILES string of the molecule is COc1ccc([C@@H](NC(=O)N2CCO[C@H](C)C2)C2CC2)cc1. The number of ether oxygens (including phenoxy) is 2. The summed E-state index contributed by atoms with van der Waals surface area (Å²) in [5, 5.41) is 3.21. The fourth-order valence-corrected chi connectivity index (χ4v) is 2.94. The highest BCUT2D eigenvalue weighted by Gasteiger charge is 2.34. The second kappa shape index (κ2) is 6.57. The molecule has 1 aliphatic carbocycles. The molecule has 1 aromatic carbocycles. The third-order valence-electron chi connectivity index (χ3n) is 4.38. The van der Waals surface area contributed by atoms with Crippen molar-refractivity contribution in [3.63, 3.8) is 0 Å². The first-order valence-corrected chi connectivity index (χ1v) is 7.98. The molecule has 1 aromatic rings. The van der Waals surface area contributed by atoms with E-state index in [1.165, 1.54) is 12.8 Å². The standard InChI is InChI=1S/C17H24N2O3/c1-12-11-19(9-10-22-12)17(20)18-16(13-3-4-13)14-5-7-15(21-2)8-6-14/h5-8,12-13,16H,3-4,9-11H2,1-2H3,(H,18,20)/t12-,16+/m1/s1. The molecule has 2 atom stereocenters. The summed E-state index contributed by atoms with van der Waals surface area (Å²) in [5.74, 6) is 1.39. The fourth-order valence-electron chi connectivity index (χ4n) is 2.94. The van der Waals surface area contributed by atoms with E-state index in [-0.39, 0.29) is 18.2 Å². The first kappa shape index (κ1) is 15.2. The van der Waals surface area contributed by atoms with Crippen LogP contribution in [0.25, 0.3) is 0 Å². The number of rotatable bonds is 4. The molecule has 2 aliphatic rings. The lowest BCUT2D eigenvalue weighted by molar-refractivity contribution is -0.00398. The van der Waals surface area contributed by atoms with Crippen LogP contribution in [0.2, 0.25) is 0 Å². The lowest BCUT2D eigenvalue weighted by Gasteiger charge is -2.32. The van der Waals surface area contributed by atoms with Crippen LogP contribution in [0.4, 0.5) is 4.79 Å². The fraction of sp³-hybridized carbons (Fsp3) is 0.588. The second-order valence-corrected chi connectivity index (χ2v) is 6.17. The van der Waals surface area contributed by atoms with Gasteiger partial charge in [-0.3, -0.25) is 0 Å². The van der Waals surface area contributed by atoms with Crippen molar-refractivity contribution in [3.8, 4) is 5.75 Å². The molecule has 0 radical (unpaired) electrons. The van der Waals surface area contributed by atoms with Gasteiger partial charge in [0.05, 0.1) is 25.9 Å². The van der Waals surface area contributed by atoms with Gasteiger partial charge in [-0.1, -0.05) is 12.1 Å². The normalized spacial score (nSPS) is 23.0. The lowest BCUT2D eigenvalue weighted by atomic mass is 10.0. The van der Waals surface area contributed by atoms with Crippen LogP contribution in [-0.4, -0.2) is 43.8 Å². The molecule has 0 aromatic heterocycles. The molecule has 3 rings (SSSR count). The first-order valence-electron chi connectivity index (χ1n) is 7.98. The van der Waals surface area contributed by atoms with E-state index in [2.05, 4.69) is 5.32 Å². The van der Waals surface area contributed by atoms with Gasteiger partial charge in [0.1, 0.15) is 5.75 Å². The van der Waals surface area contributed by atoms with Gasteiger partial charge in [0.25, 0.3) is 0 Å². The molecule has 1 saturated heterocycles. The molecule has 1 aliphatic heterocycles. The predicted octanol–water partition coefficient (Wildman–Crippen LogP) is 2.58. The molecular formula is C17H24N2O3. The van der Waals surface area contributed by atoms with Crippen LogP contribution in [0.3, 0.4) is 0 Å². The third-order valence-corrected chi connectivity index (χ3v) is 4.38. The Morgan fingerprint density at radius 2 is 2.09 bits per heavy atom. The van der Waals surface area contributed by atoms with Gasteiger partial charge in [0.2, 0.25) is 0 Å². The van der Waals surface area contributed by atoms with Crippen molar-refractivity contribution >= 4 is 6.03 Å². The number of nitrogens with one attached hydrogen (secondary N) is 1. The highest BCUT2D eigenvalue weighted by Crippen LogP contribution is 2.41. The number of urea groups is 1. The van der Waals surface area contributed by atoms with Crippen LogP contribution in [0.5, 0.6) is 5.75 Å². The van der Waals surface area contributed by atoms with Crippen molar-refractivity contribution in [2.24, 2.45) is 5.92 Å². The average molecular weight is 304 g/mol. The molecule has 0 bridgehead atoms. The van der Waals surface area contributed by atoms with E-state index in [9.17, 15) is 4.79 Å². The molecule has 0 spiro atoms. The maximum Gasteiger partial charge on any atom is 0.318 e. The zero-order valence-corrected chi connectivity index (χ0v) is 13.2. The Kier molecular flexibility index (Phi) is 4.52. The Hall–Kier alpha value is -1.75. The van der Waals surface area contributed by atoms with E-state index >= 15 is 0 Å². The zero-order valence-electron chi connectivity index (χ0n) is 13.2. The molecular weight excluding hydrogens is 280 g/mol. The number of nitrogens with zero attached hydrogens (tertiary/aromatic N) is 1. The molecule has 1 N–H and O–H groups in total. The quantitative estimate of drug-likeness (QED) is 0.930. The van der Waals surface area contributed by atoms with Gasteiger partial charge in [-0.05, 0) is 43.4 Å². The monoisotopic (exact) mass is 304 g/mol. The number of benzene rings is 1. The lowest BCUT2D eigenvalue weighted by Crippen LogP contribution is -2.49. The molecule has 1 saturated carbocycles. The highest BCUT2D eigenvalue weighted by molar-refractivity contribution is 5.75. The van der Waals surface area contributed by atoms with Crippen molar-refractivity contribution in [2.75, 3.05) is 26.8 Å².